The van der Waals surface area contributed by atoms with Gasteiger partial charge in [-0.15, -0.1) is 0 Å². The van der Waals surface area contributed by atoms with Crippen LogP contribution in [0.4, 0.5) is 11.4 Å². The van der Waals surface area contributed by atoms with Gasteiger partial charge >= 0.3 is 0 Å². The van der Waals surface area contributed by atoms with Crippen molar-refractivity contribution in [3.8, 4) is 22.3 Å². The third-order valence-electron chi connectivity index (χ3n) is 8.12. The highest BCUT2D eigenvalue weighted by Gasteiger charge is 2.20. The van der Waals surface area contributed by atoms with Crippen LogP contribution in [0.3, 0.4) is 0 Å². The minimum Gasteiger partial charge on any atom is -0.261 e. The number of aryl methyl sites for hydroxylation is 5. The highest BCUT2D eigenvalue weighted by atomic mass is 14.7. The molecular weight excluding hydrogens is 536 g/mol. The van der Waals surface area contributed by atoms with E-state index in [1.165, 1.54) is 55.6 Å². The Kier molecular flexibility index (Phi) is 9.59. The molecular formula is C40H42N4. The third kappa shape index (κ3) is 6.92. The standard InChI is InChI=1S/C40H42N4/c1-26(2)36-15-14-27(3)37(32-22-28(4)39(29(5)23-32)43-20-16-34-12-8-10-18-41-34)38(36)33-24-30(6)40(31(7)25-33)44-21-17-35-13-9-11-19-42-35/h8-15,18-26H,16-17H2,1-7H3. The van der Waals surface area contributed by atoms with Crippen LogP contribution in [0.15, 0.2) is 95.2 Å². The molecule has 0 bridgehead atoms. The number of hydrogen-bond donors (Lipinski definition) is 0. The zero-order valence-corrected chi connectivity index (χ0v) is 27.0. The van der Waals surface area contributed by atoms with E-state index in [0.717, 1.165) is 22.8 Å². The zero-order valence-electron chi connectivity index (χ0n) is 27.0. The summed E-state index contributed by atoms with van der Waals surface area (Å²) in [7, 11) is 0. The second-order valence-electron chi connectivity index (χ2n) is 12.0. The van der Waals surface area contributed by atoms with Gasteiger partial charge in [-0.3, -0.25) is 20.0 Å². The van der Waals surface area contributed by atoms with Crippen molar-refractivity contribution in [2.24, 2.45) is 9.98 Å². The number of aromatic nitrogens is 2. The molecule has 0 radical (unpaired) electrons. The molecule has 0 fully saturated rings. The summed E-state index contributed by atoms with van der Waals surface area (Å²) in [6, 6.07) is 25.8. The summed E-state index contributed by atoms with van der Waals surface area (Å²) in [5.74, 6) is 0.374. The second kappa shape index (κ2) is 13.7. The fourth-order valence-corrected chi connectivity index (χ4v) is 5.99. The molecule has 0 aliphatic rings. The predicted octanol–water partition coefficient (Wildman–Crippen LogP) is 10.4. The van der Waals surface area contributed by atoms with Crippen molar-refractivity contribution < 1.29 is 0 Å². The molecule has 0 aliphatic heterocycles. The molecule has 0 spiro atoms. The van der Waals surface area contributed by atoms with E-state index in [1.54, 1.807) is 0 Å². The molecule has 2 heterocycles. The van der Waals surface area contributed by atoms with Gasteiger partial charge in [0.15, 0.2) is 0 Å². The highest BCUT2D eigenvalue weighted by molar-refractivity contribution is 5.90. The smallest absolute Gasteiger partial charge is 0.0684 e. The zero-order chi connectivity index (χ0) is 31.2. The van der Waals surface area contributed by atoms with Crippen molar-refractivity contribution in [3.63, 3.8) is 0 Å². The van der Waals surface area contributed by atoms with E-state index in [9.17, 15) is 0 Å². The second-order valence-corrected chi connectivity index (χ2v) is 12.0. The summed E-state index contributed by atoms with van der Waals surface area (Å²) in [4.78, 5) is 18.6. The molecule has 0 amide bonds. The van der Waals surface area contributed by atoms with Crippen LogP contribution in [0.25, 0.3) is 22.3 Å². The summed E-state index contributed by atoms with van der Waals surface area (Å²) in [5, 5.41) is 0. The van der Waals surface area contributed by atoms with Gasteiger partial charge in [0, 0.05) is 49.1 Å². The maximum absolute atomic E-state index is 4.89. The quantitative estimate of drug-likeness (QED) is 0.163. The molecule has 0 aliphatic carbocycles. The van der Waals surface area contributed by atoms with Crippen LogP contribution in [-0.4, -0.2) is 22.4 Å². The van der Waals surface area contributed by atoms with Crippen molar-refractivity contribution in [1.82, 2.24) is 9.97 Å². The monoisotopic (exact) mass is 578 g/mol. The maximum Gasteiger partial charge on any atom is 0.0684 e. The minimum atomic E-state index is 0.374. The van der Waals surface area contributed by atoms with Crippen molar-refractivity contribution in [2.45, 2.75) is 67.2 Å². The van der Waals surface area contributed by atoms with Gasteiger partial charge < -0.3 is 0 Å². The summed E-state index contributed by atoms with van der Waals surface area (Å²) in [5.41, 5.74) is 16.5. The van der Waals surface area contributed by atoms with E-state index in [0.29, 0.717) is 18.8 Å². The van der Waals surface area contributed by atoms with Gasteiger partial charge in [-0.1, -0.05) is 38.1 Å². The molecule has 4 nitrogen and oxygen atoms in total. The van der Waals surface area contributed by atoms with Crippen LogP contribution >= 0.6 is 0 Å². The molecule has 0 unspecified atom stereocenters. The summed E-state index contributed by atoms with van der Waals surface area (Å²) in [6.45, 7) is 15.5. The minimum absolute atomic E-state index is 0.374. The molecule has 4 heteroatoms. The molecule has 5 rings (SSSR count). The lowest BCUT2D eigenvalue weighted by Gasteiger charge is -2.22. The Balaban J connectivity index is 1.55. The van der Waals surface area contributed by atoms with Crippen LogP contribution in [0.2, 0.25) is 0 Å². The Morgan fingerprint density at radius 3 is 1.43 bits per heavy atom. The van der Waals surface area contributed by atoms with Gasteiger partial charge in [0.1, 0.15) is 0 Å². The van der Waals surface area contributed by atoms with E-state index in [1.807, 2.05) is 61.2 Å². The average molecular weight is 579 g/mol. The van der Waals surface area contributed by atoms with Gasteiger partial charge in [0.25, 0.3) is 0 Å². The normalized spacial score (nSPS) is 11.7. The van der Waals surface area contributed by atoms with Crippen LogP contribution < -0.4 is 0 Å². The van der Waals surface area contributed by atoms with E-state index in [4.69, 9.17) is 9.98 Å². The summed E-state index contributed by atoms with van der Waals surface area (Å²) >= 11 is 0. The van der Waals surface area contributed by atoms with E-state index in [-0.39, 0.29) is 0 Å². The molecule has 0 saturated carbocycles. The Labute approximate surface area is 262 Å². The first-order valence-electron chi connectivity index (χ1n) is 15.4. The highest BCUT2D eigenvalue weighted by Crippen LogP contribution is 2.43. The SMILES string of the molecule is Cc1cc(-c2c(C)ccc(C(C)C)c2-c2cc(C)c(N=CCc3ccccn3)c(C)c2)cc(C)c1N=CCc1ccccn1. The van der Waals surface area contributed by atoms with Crippen molar-refractivity contribution in [3.05, 3.63) is 130 Å². The molecule has 5 aromatic rings. The lowest BCUT2D eigenvalue weighted by Crippen LogP contribution is -2.00. The van der Waals surface area contributed by atoms with Crippen LogP contribution in [0.5, 0.6) is 0 Å². The largest absolute Gasteiger partial charge is 0.261 e. The summed E-state index contributed by atoms with van der Waals surface area (Å²) in [6.07, 6.45) is 9.02. The number of nitrogens with zero attached hydrogens (tertiary/aromatic N) is 4. The number of benzene rings is 3. The average Bonchev–Trinajstić information content (AvgIpc) is 3.00. The fraction of sp³-hybridized carbons (Fsp3) is 0.250. The molecule has 0 atom stereocenters. The molecule has 44 heavy (non-hydrogen) atoms. The van der Waals surface area contributed by atoms with Gasteiger partial charge in [-0.2, -0.15) is 0 Å². The van der Waals surface area contributed by atoms with E-state index in [2.05, 4.69) is 94.8 Å². The Hall–Kier alpha value is -4.70. The Morgan fingerprint density at radius 2 is 1.02 bits per heavy atom. The Morgan fingerprint density at radius 1 is 0.568 bits per heavy atom. The lowest BCUT2D eigenvalue weighted by molar-refractivity contribution is 0.868. The first-order valence-corrected chi connectivity index (χ1v) is 15.4. The van der Waals surface area contributed by atoms with E-state index < -0.39 is 0 Å². The fourth-order valence-electron chi connectivity index (χ4n) is 5.99. The first-order chi connectivity index (χ1) is 21.2. The van der Waals surface area contributed by atoms with Crippen LogP contribution in [0, 0.1) is 34.6 Å². The van der Waals surface area contributed by atoms with Gasteiger partial charge in [-0.25, -0.2) is 0 Å². The molecule has 3 aromatic carbocycles. The molecule has 0 saturated heterocycles. The molecule has 2 aromatic heterocycles. The number of hydrogen-bond acceptors (Lipinski definition) is 4. The van der Waals surface area contributed by atoms with Crippen molar-refractivity contribution in [2.75, 3.05) is 0 Å². The maximum atomic E-state index is 4.89. The van der Waals surface area contributed by atoms with Gasteiger partial charge in [0.2, 0.25) is 0 Å². The topological polar surface area (TPSA) is 50.5 Å². The predicted molar refractivity (Wildman–Crippen MR) is 187 cm³/mol. The Bertz CT molecular complexity index is 1770. The number of rotatable bonds is 9. The van der Waals surface area contributed by atoms with Gasteiger partial charge in [0.05, 0.1) is 11.4 Å². The number of pyridine rings is 2. The molecule has 0 N–H and O–H groups in total. The first kappa shape index (κ1) is 30.7. The van der Waals surface area contributed by atoms with Crippen LogP contribution in [-0.2, 0) is 12.8 Å². The van der Waals surface area contributed by atoms with Crippen molar-refractivity contribution in [1.29, 1.82) is 0 Å². The van der Waals surface area contributed by atoms with Crippen molar-refractivity contribution >= 4 is 23.8 Å². The third-order valence-corrected chi connectivity index (χ3v) is 8.12. The van der Waals surface area contributed by atoms with E-state index >= 15 is 0 Å². The summed E-state index contributed by atoms with van der Waals surface area (Å²) < 4.78 is 0. The van der Waals surface area contributed by atoms with Gasteiger partial charge in [-0.05, 0) is 145 Å². The lowest BCUT2D eigenvalue weighted by atomic mass is 9.82. The molecule has 222 valence electrons. The number of aliphatic imine (C=N–C) groups is 2. The van der Waals surface area contributed by atoms with Crippen LogP contribution in [0.1, 0.15) is 64.5 Å².